The second-order valence-electron chi connectivity index (χ2n) is 4.38. The van der Waals surface area contributed by atoms with Crippen LogP contribution in [0.15, 0.2) is 71.9 Å². The van der Waals surface area contributed by atoms with E-state index in [0.717, 1.165) is 0 Å². The Bertz CT molecular complexity index is 524. The molecule has 0 heterocycles. The second-order valence-corrected chi connectivity index (χ2v) is 4.38. The van der Waals surface area contributed by atoms with E-state index in [9.17, 15) is 0 Å². The molecule has 0 bridgehead atoms. The molecular weight excluding hydrogens is 192 g/mol. The van der Waals surface area contributed by atoms with Crippen LogP contribution in [0.25, 0.3) is 5.57 Å². The molecule has 1 aromatic carbocycles. The van der Waals surface area contributed by atoms with Crippen molar-refractivity contribution in [2.24, 2.45) is 5.92 Å². The van der Waals surface area contributed by atoms with Crippen molar-refractivity contribution in [1.29, 1.82) is 0 Å². The van der Waals surface area contributed by atoms with E-state index in [1.807, 2.05) is 0 Å². The standard InChI is InChI=1S/C16H14/c1-12-10-14-8-5-9-15(16(14)11-12)13-6-3-2-4-7-13/h2-11,16H,1H3. The zero-order valence-corrected chi connectivity index (χ0v) is 9.35. The van der Waals surface area contributed by atoms with Crippen molar-refractivity contribution in [2.75, 3.05) is 0 Å². The number of benzene rings is 1. The van der Waals surface area contributed by atoms with Crippen LogP contribution in [-0.4, -0.2) is 0 Å². The summed E-state index contributed by atoms with van der Waals surface area (Å²) in [5.74, 6) is 0.465. The fourth-order valence-electron chi connectivity index (χ4n) is 2.45. The van der Waals surface area contributed by atoms with Crippen LogP contribution in [0.3, 0.4) is 0 Å². The Kier molecular flexibility index (Phi) is 2.14. The highest BCUT2D eigenvalue weighted by atomic mass is 14.3. The lowest BCUT2D eigenvalue weighted by Gasteiger charge is -2.18. The molecule has 0 N–H and O–H groups in total. The molecule has 0 saturated heterocycles. The average Bonchev–Trinajstić information content (AvgIpc) is 2.70. The van der Waals surface area contributed by atoms with E-state index in [0.29, 0.717) is 5.92 Å². The zero-order valence-electron chi connectivity index (χ0n) is 9.35. The van der Waals surface area contributed by atoms with Crippen LogP contribution in [0.1, 0.15) is 12.5 Å². The first-order valence-electron chi connectivity index (χ1n) is 5.68. The minimum atomic E-state index is 0.465. The Labute approximate surface area is 96.3 Å². The summed E-state index contributed by atoms with van der Waals surface area (Å²) in [6, 6.07) is 10.6. The Morgan fingerprint density at radius 2 is 1.88 bits per heavy atom. The van der Waals surface area contributed by atoms with Crippen molar-refractivity contribution < 1.29 is 0 Å². The molecule has 2 aliphatic rings. The lowest BCUT2D eigenvalue weighted by Crippen LogP contribution is -2.03. The number of hydrogen-bond donors (Lipinski definition) is 0. The lowest BCUT2D eigenvalue weighted by atomic mass is 9.85. The number of allylic oxidation sites excluding steroid dienone is 8. The molecule has 0 fully saturated rings. The van der Waals surface area contributed by atoms with Gasteiger partial charge in [0, 0.05) is 5.92 Å². The zero-order chi connectivity index (χ0) is 11.0. The molecular formula is C16H14. The van der Waals surface area contributed by atoms with Gasteiger partial charge in [0.15, 0.2) is 0 Å². The topological polar surface area (TPSA) is 0 Å². The summed E-state index contributed by atoms with van der Waals surface area (Å²) < 4.78 is 0. The summed E-state index contributed by atoms with van der Waals surface area (Å²) in [5, 5.41) is 0. The largest absolute Gasteiger partial charge is 0.0697 e. The quantitative estimate of drug-likeness (QED) is 0.647. The molecule has 0 spiro atoms. The minimum absolute atomic E-state index is 0.465. The maximum atomic E-state index is 2.34. The third-order valence-corrected chi connectivity index (χ3v) is 3.19. The summed E-state index contributed by atoms with van der Waals surface area (Å²) >= 11 is 0. The highest BCUT2D eigenvalue weighted by Gasteiger charge is 2.22. The SMILES string of the molecule is CC1=CC2C(=C1)C=CC=C2c1ccccc1. The van der Waals surface area contributed by atoms with E-state index in [-0.39, 0.29) is 0 Å². The number of hydrogen-bond acceptors (Lipinski definition) is 0. The second kappa shape index (κ2) is 3.64. The van der Waals surface area contributed by atoms with Crippen LogP contribution in [0.5, 0.6) is 0 Å². The summed E-state index contributed by atoms with van der Waals surface area (Å²) in [6.45, 7) is 2.17. The first-order valence-corrected chi connectivity index (χ1v) is 5.68. The third kappa shape index (κ3) is 1.47. The van der Waals surface area contributed by atoms with Crippen molar-refractivity contribution in [3.63, 3.8) is 0 Å². The van der Waals surface area contributed by atoms with Gasteiger partial charge in [-0.15, -0.1) is 0 Å². The molecule has 0 heteroatoms. The smallest absolute Gasteiger partial charge is 0.0281 e. The van der Waals surface area contributed by atoms with Gasteiger partial charge in [-0.1, -0.05) is 66.3 Å². The molecule has 0 nitrogen and oxygen atoms in total. The van der Waals surface area contributed by atoms with Gasteiger partial charge in [-0.25, -0.2) is 0 Å². The summed E-state index contributed by atoms with van der Waals surface area (Å²) in [4.78, 5) is 0. The average molecular weight is 206 g/mol. The van der Waals surface area contributed by atoms with Gasteiger partial charge in [-0.2, -0.15) is 0 Å². The molecule has 0 saturated carbocycles. The van der Waals surface area contributed by atoms with Crippen molar-refractivity contribution in [3.05, 3.63) is 77.4 Å². The number of rotatable bonds is 1. The predicted octanol–water partition coefficient (Wildman–Crippen LogP) is 4.14. The molecule has 0 amide bonds. The fourth-order valence-corrected chi connectivity index (χ4v) is 2.45. The van der Waals surface area contributed by atoms with Crippen molar-refractivity contribution in [1.82, 2.24) is 0 Å². The van der Waals surface area contributed by atoms with Gasteiger partial charge in [-0.3, -0.25) is 0 Å². The van der Waals surface area contributed by atoms with Crippen molar-refractivity contribution in [2.45, 2.75) is 6.92 Å². The van der Waals surface area contributed by atoms with Crippen LogP contribution in [0, 0.1) is 5.92 Å². The molecule has 1 unspecified atom stereocenters. The van der Waals surface area contributed by atoms with Gasteiger partial charge < -0.3 is 0 Å². The first-order chi connectivity index (χ1) is 7.84. The molecule has 1 aromatic rings. The van der Waals surface area contributed by atoms with Crippen LogP contribution in [-0.2, 0) is 0 Å². The van der Waals surface area contributed by atoms with Crippen molar-refractivity contribution in [3.8, 4) is 0 Å². The van der Waals surface area contributed by atoms with Gasteiger partial charge in [0.05, 0.1) is 0 Å². The van der Waals surface area contributed by atoms with Gasteiger partial charge >= 0.3 is 0 Å². The molecule has 1 atom stereocenters. The highest BCUT2D eigenvalue weighted by molar-refractivity contribution is 5.77. The molecule has 0 aromatic heterocycles. The molecule has 0 radical (unpaired) electrons. The van der Waals surface area contributed by atoms with Gasteiger partial charge in [0.1, 0.15) is 0 Å². The van der Waals surface area contributed by atoms with E-state index >= 15 is 0 Å². The fraction of sp³-hybridized carbons (Fsp3) is 0.125. The van der Waals surface area contributed by atoms with E-state index < -0.39 is 0 Å². The summed E-state index contributed by atoms with van der Waals surface area (Å²) in [6.07, 6.45) is 11.2. The maximum absolute atomic E-state index is 2.34. The minimum Gasteiger partial charge on any atom is -0.0697 e. The van der Waals surface area contributed by atoms with E-state index in [1.54, 1.807) is 0 Å². The summed E-state index contributed by atoms with van der Waals surface area (Å²) in [5.41, 5.74) is 5.52. The number of fused-ring (bicyclic) bond motifs is 1. The molecule has 78 valence electrons. The lowest BCUT2D eigenvalue weighted by molar-refractivity contribution is 1.04. The first kappa shape index (κ1) is 9.41. The predicted molar refractivity (Wildman–Crippen MR) is 68.9 cm³/mol. The van der Waals surface area contributed by atoms with Crippen LogP contribution < -0.4 is 0 Å². The van der Waals surface area contributed by atoms with Crippen LogP contribution >= 0.6 is 0 Å². The van der Waals surface area contributed by atoms with E-state index in [1.165, 1.54) is 22.3 Å². The monoisotopic (exact) mass is 206 g/mol. The van der Waals surface area contributed by atoms with E-state index in [2.05, 4.69) is 67.6 Å². The maximum Gasteiger partial charge on any atom is 0.0281 e. The van der Waals surface area contributed by atoms with Crippen LogP contribution in [0.2, 0.25) is 0 Å². The third-order valence-electron chi connectivity index (χ3n) is 3.19. The molecule has 0 aliphatic heterocycles. The molecule has 3 rings (SSSR count). The van der Waals surface area contributed by atoms with Gasteiger partial charge in [0.2, 0.25) is 0 Å². The highest BCUT2D eigenvalue weighted by Crippen LogP contribution is 2.38. The Morgan fingerprint density at radius 3 is 2.69 bits per heavy atom. The van der Waals surface area contributed by atoms with E-state index in [4.69, 9.17) is 0 Å². The van der Waals surface area contributed by atoms with Crippen molar-refractivity contribution >= 4 is 5.57 Å². The van der Waals surface area contributed by atoms with Gasteiger partial charge in [-0.05, 0) is 23.6 Å². The van der Waals surface area contributed by atoms with Crippen LogP contribution in [0.4, 0.5) is 0 Å². The van der Waals surface area contributed by atoms with Gasteiger partial charge in [0.25, 0.3) is 0 Å². The summed E-state index contributed by atoms with van der Waals surface area (Å²) in [7, 11) is 0. The Hall–Kier alpha value is -1.82. The normalized spacial score (nSPS) is 22.3. The Morgan fingerprint density at radius 1 is 1.06 bits per heavy atom. The molecule has 16 heavy (non-hydrogen) atoms. The Balaban J connectivity index is 2.07. The molecule has 2 aliphatic carbocycles.